The van der Waals surface area contributed by atoms with Crippen LogP contribution in [0.3, 0.4) is 0 Å². The van der Waals surface area contributed by atoms with Crippen molar-refractivity contribution in [1.82, 2.24) is 15.0 Å². The van der Waals surface area contributed by atoms with E-state index >= 15 is 0 Å². The lowest BCUT2D eigenvalue weighted by atomic mass is 10.2. The Morgan fingerprint density at radius 2 is 1.95 bits per heavy atom. The van der Waals surface area contributed by atoms with Gasteiger partial charge in [-0.2, -0.15) is 0 Å². The van der Waals surface area contributed by atoms with Gasteiger partial charge >= 0.3 is 18.4 Å². The van der Waals surface area contributed by atoms with Gasteiger partial charge in [0.25, 0.3) is 11.5 Å². The van der Waals surface area contributed by atoms with Crippen LogP contribution in [-0.4, -0.2) is 46.5 Å². The monoisotopic (exact) mass is 519 g/mol. The van der Waals surface area contributed by atoms with Crippen molar-refractivity contribution < 1.29 is 41.8 Å². The molecule has 11 nitrogen and oxygen atoms in total. The largest absolute Gasteiger partial charge is 0.594 e. The number of amides is 1. The van der Waals surface area contributed by atoms with Gasteiger partial charge in [0.2, 0.25) is 0 Å². The minimum absolute atomic E-state index is 0.00964. The topological polar surface area (TPSA) is 130 Å². The summed E-state index contributed by atoms with van der Waals surface area (Å²) >= 11 is 0. The molecule has 4 rings (SSSR count). The van der Waals surface area contributed by atoms with Crippen LogP contribution in [0.1, 0.15) is 18.4 Å². The van der Waals surface area contributed by atoms with E-state index in [0.717, 1.165) is 17.7 Å². The van der Waals surface area contributed by atoms with Gasteiger partial charge in [-0.05, 0) is 22.5 Å². The highest BCUT2D eigenvalue weighted by Crippen LogP contribution is 2.25. The zero-order chi connectivity index (χ0) is 26.4. The van der Waals surface area contributed by atoms with Crippen LogP contribution in [-0.2, 0) is 20.9 Å². The molecule has 0 saturated carbocycles. The fraction of sp³-hybridized carbons (Fsp3) is 0.261. The summed E-state index contributed by atoms with van der Waals surface area (Å²) in [5.41, 5.74) is 0.683. The molecule has 0 fully saturated rings. The van der Waals surface area contributed by atoms with Gasteiger partial charge in [0, 0.05) is 25.7 Å². The van der Waals surface area contributed by atoms with Gasteiger partial charge in [0.1, 0.15) is 23.6 Å². The van der Waals surface area contributed by atoms with Crippen LogP contribution in [0.2, 0.25) is 0 Å². The Balaban J connectivity index is 1.24. The smallest absolute Gasteiger partial charge is 0.573 e. The molecule has 1 N–H and O–H groups in total. The summed E-state index contributed by atoms with van der Waals surface area (Å²) in [5, 5.41) is 18.4. The lowest BCUT2D eigenvalue weighted by Crippen LogP contribution is -2.34. The van der Waals surface area contributed by atoms with Gasteiger partial charge in [-0.15, -0.1) is 13.2 Å². The highest BCUT2D eigenvalue weighted by Gasteiger charge is 2.31. The second-order valence-corrected chi connectivity index (χ2v) is 7.74. The third-order valence-corrected chi connectivity index (χ3v) is 4.99. The van der Waals surface area contributed by atoms with Gasteiger partial charge < -0.3 is 24.7 Å². The number of carbonyl (C=O) groups excluding carboxylic acids is 2. The molecule has 14 heteroatoms. The van der Waals surface area contributed by atoms with E-state index in [-0.39, 0.29) is 41.4 Å². The number of halogens is 3. The molecule has 0 atom stereocenters. The van der Waals surface area contributed by atoms with Gasteiger partial charge in [0.05, 0.1) is 17.6 Å². The van der Waals surface area contributed by atoms with E-state index in [2.05, 4.69) is 20.1 Å². The molecule has 0 aliphatic carbocycles. The lowest BCUT2D eigenvalue weighted by molar-refractivity contribution is -0.641. The number of rotatable bonds is 8. The quantitative estimate of drug-likeness (QED) is 0.270. The molecular formula is C23H20F3N5O6. The van der Waals surface area contributed by atoms with Crippen molar-refractivity contribution >= 4 is 29.0 Å². The Labute approximate surface area is 207 Å². The number of hydrogen-bond donors (Lipinski definition) is 1. The first-order valence-corrected chi connectivity index (χ1v) is 11.0. The van der Waals surface area contributed by atoms with Crippen LogP contribution >= 0.6 is 0 Å². The number of fused-ring (bicyclic) bond motifs is 1. The number of alkyl halides is 3. The second-order valence-electron chi connectivity index (χ2n) is 7.74. The minimum Gasteiger partial charge on any atom is -0.594 e. The van der Waals surface area contributed by atoms with E-state index < -0.39 is 24.2 Å². The molecule has 1 aliphatic rings. The number of nitrogens with zero attached hydrogens (tertiary/aromatic N) is 4. The predicted molar refractivity (Wildman–Crippen MR) is 120 cm³/mol. The summed E-state index contributed by atoms with van der Waals surface area (Å²) in [5.74, 6) is -1.01. The van der Waals surface area contributed by atoms with Crippen molar-refractivity contribution in [2.45, 2.75) is 25.8 Å². The third-order valence-electron chi connectivity index (χ3n) is 4.99. The summed E-state index contributed by atoms with van der Waals surface area (Å²) in [7, 11) is 0. The molecule has 0 unspecified atom stereocenters. The summed E-state index contributed by atoms with van der Waals surface area (Å²) in [4.78, 5) is 29.8. The number of carbonyl (C=O) groups is 2. The number of benzene rings is 2. The van der Waals surface area contributed by atoms with E-state index in [1.165, 1.54) is 17.2 Å². The Hall–Kier alpha value is -4.62. The van der Waals surface area contributed by atoms with Crippen LogP contribution in [0.15, 0.2) is 60.5 Å². The Morgan fingerprint density at radius 3 is 2.70 bits per heavy atom. The van der Waals surface area contributed by atoms with Gasteiger partial charge in [-0.25, -0.2) is 9.78 Å². The molecule has 3 aromatic rings. The SMILES string of the molecule is O=C(CCNc1nc2ccc(OC(F)(F)F)cc2[n+]([O-])n1)OC1=CN(C(=O)OCc2ccccc2)CC1. The lowest BCUT2D eigenvalue weighted by Gasteiger charge is -2.12. The van der Waals surface area contributed by atoms with Crippen LogP contribution in [0.25, 0.3) is 11.0 Å². The highest BCUT2D eigenvalue weighted by atomic mass is 19.4. The fourth-order valence-electron chi connectivity index (χ4n) is 3.33. The molecule has 1 aromatic heterocycles. The first kappa shape index (κ1) is 25.5. The molecule has 194 valence electrons. The zero-order valence-electron chi connectivity index (χ0n) is 19.1. The van der Waals surface area contributed by atoms with Crippen LogP contribution in [0, 0.1) is 5.21 Å². The van der Waals surface area contributed by atoms with Crippen LogP contribution < -0.4 is 14.9 Å². The standard InChI is InChI=1S/C23H20F3N5O6/c24-23(25,26)37-16-6-7-18-19(12-16)31(34)29-21(28-18)27-10-8-20(32)36-17-9-11-30(13-17)22(33)35-14-15-4-2-1-3-5-15/h1-7,12-13H,8-11,14H2,(H,27,28,29). The normalized spacial score (nSPS) is 13.3. The van der Waals surface area contributed by atoms with Crippen molar-refractivity contribution in [1.29, 1.82) is 0 Å². The molecule has 0 bridgehead atoms. The van der Waals surface area contributed by atoms with Crippen molar-refractivity contribution in [2.24, 2.45) is 0 Å². The Bertz CT molecular complexity index is 1320. The Kier molecular flexibility index (Phi) is 7.55. The summed E-state index contributed by atoms with van der Waals surface area (Å²) in [6, 6.07) is 12.2. The van der Waals surface area contributed by atoms with E-state index in [4.69, 9.17) is 9.47 Å². The highest BCUT2D eigenvalue weighted by molar-refractivity contribution is 5.74. The van der Waals surface area contributed by atoms with Crippen molar-refractivity contribution in [3.63, 3.8) is 0 Å². The Morgan fingerprint density at radius 1 is 1.16 bits per heavy atom. The maximum atomic E-state index is 12.4. The number of ether oxygens (including phenoxy) is 3. The first-order chi connectivity index (χ1) is 17.7. The molecule has 0 radical (unpaired) electrons. The number of anilines is 1. The van der Waals surface area contributed by atoms with Crippen LogP contribution in [0.4, 0.5) is 23.9 Å². The maximum absolute atomic E-state index is 12.4. The minimum atomic E-state index is -4.91. The maximum Gasteiger partial charge on any atom is 0.573 e. The predicted octanol–water partition coefficient (Wildman–Crippen LogP) is 3.39. The van der Waals surface area contributed by atoms with E-state index in [1.807, 2.05) is 30.3 Å². The molecule has 0 saturated heterocycles. The second kappa shape index (κ2) is 11.0. The van der Waals surface area contributed by atoms with E-state index in [9.17, 15) is 28.0 Å². The molecule has 1 amide bonds. The number of hydrogen-bond acceptors (Lipinski definition) is 9. The van der Waals surface area contributed by atoms with Crippen molar-refractivity contribution in [2.75, 3.05) is 18.4 Å². The first-order valence-electron chi connectivity index (χ1n) is 11.0. The molecule has 1 aliphatic heterocycles. The average Bonchev–Trinajstić information content (AvgIpc) is 3.31. The number of nitrogens with one attached hydrogen (secondary N) is 1. The van der Waals surface area contributed by atoms with E-state index in [0.29, 0.717) is 18.7 Å². The summed E-state index contributed by atoms with van der Waals surface area (Å²) in [6.07, 6.45) is -3.84. The van der Waals surface area contributed by atoms with Crippen LogP contribution in [0.5, 0.6) is 5.75 Å². The third kappa shape index (κ3) is 7.19. The summed E-state index contributed by atoms with van der Waals surface area (Å²) < 4.78 is 51.4. The summed E-state index contributed by atoms with van der Waals surface area (Å²) in [6.45, 7) is 0.432. The molecule has 0 spiro atoms. The zero-order valence-corrected chi connectivity index (χ0v) is 19.1. The van der Waals surface area contributed by atoms with Crippen molar-refractivity contribution in [3.05, 3.63) is 71.3 Å². The number of aromatic nitrogens is 3. The number of esters is 1. The van der Waals surface area contributed by atoms with Gasteiger partial charge in [-0.1, -0.05) is 30.3 Å². The molecule has 2 aromatic carbocycles. The molecular weight excluding hydrogens is 499 g/mol. The average molecular weight is 519 g/mol. The van der Waals surface area contributed by atoms with E-state index in [1.54, 1.807) is 0 Å². The molecule has 2 heterocycles. The van der Waals surface area contributed by atoms with Crippen molar-refractivity contribution in [3.8, 4) is 5.75 Å². The molecule has 37 heavy (non-hydrogen) atoms. The van der Waals surface area contributed by atoms with Gasteiger partial charge in [-0.3, -0.25) is 9.69 Å². The fourth-order valence-corrected chi connectivity index (χ4v) is 3.33. The van der Waals surface area contributed by atoms with Gasteiger partial charge in [0.15, 0.2) is 0 Å².